The van der Waals surface area contributed by atoms with Crippen molar-refractivity contribution in [3.63, 3.8) is 0 Å². The zero-order chi connectivity index (χ0) is 13.1. The second-order valence-electron chi connectivity index (χ2n) is 5.20. The molecule has 1 amide bonds. The van der Waals surface area contributed by atoms with E-state index >= 15 is 0 Å². The van der Waals surface area contributed by atoms with Crippen LogP contribution in [0.15, 0.2) is 18.3 Å². The fourth-order valence-corrected chi connectivity index (χ4v) is 2.18. The second kappa shape index (κ2) is 5.57. The van der Waals surface area contributed by atoms with E-state index in [1.165, 1.54) is 12.8 Å². The summed E-state index contributed by atoms with van der Waals surface area (Å²) in [5.41, 5.74) is 1.44. The molecule has 2 fully saturated rings. The Morgan fingerprint density at radius 2 is 2.26 bits per heavy atom. The molecule has 5 heteroatoms. The Morgan fingerprint density at radius 1 is 1.37 bits per heavy atom. The van der Waals surface area contributed by atoms with E-state index in [0.717, 1.165) is 25.1 Å². The van der Waals surface area contributed by atoms with Crippen molar-refractivity contribution in [2.45, 2.75) is 37.8 Å². The number of nitrogens with zero attached hydrogens (tertiary/aromatic N) is 1. The minimum Gasteiger partial charge on any atom is -0.381 e. The summed E-state index contributed by atoms with van der Waals surface area (Å²) >= 11 is 0. The lowest BCUT2D eigenvalue weighted by Crippen LogP contribution is -2.32. The SMILES string of the molecule is O=C(NCC1CCCO1)c1ccc(NC2CC2)cn1. The van der Waals surface area contributed by atoms with E-state index in [-0.39, 0.29) is 12.0 Å². The monoisotopic (exact) mass is 261 g/mol. The van der Waals surface area contributed by atoms with E-state index in [1.807, 2.05) is 6.07 Å². The van der Waals surface area contributed by atoms with E-state index in [4.69, 9.17) is 4.74 Å². The highest BCUT2D eigenvalue weighted by Crippen LogP contribution is 2.24. The summed E-state index contributed by atoms with van der Waals surface area (Å²) in [6.45, 7) is 1.38. The van der Waals surface area contributed by atoms with Crippen LogP contribution in [0.4, 0.5) is 5.69 Å². The highest BCUT2D eigenvalue weighted by molar-refractivity contribution is 5.92. The van der Waals surface area contributed by atoms with Gasteiger partial charge >= 0.3 is 0 Å². The minimum absolute atomic E-state index is 0.131. The van der Waals surface area contributed by atoms with Gasteiger partial charge in [-0.25, -0.2) is 4.98 Å². The van der Waals surface area contributed by atoms with Crippen molar-refractivity contribution in [2.24, 2.45) is 0 Å². The van der Waals surface area contributed by atoms with Crippen molar-refractivity contribution in [1.29, 1.82) is 0 Å². The standard InChI is InChI=1S/C14H19N3O2/c18-14(16-9-12-2-1-7-19-12)13-6-5-11(8-15-13)17-10-3-4-10/h5-6,8,10,12,17H,1-4,7,9H2,(H,16,18). The first-order chi connectivity index (χ1) is 9.31. The number of hydrogen-bond donors (Lipinski definition) is 2. The molecule has 1 aliphatic heterocycles. The van der Waals surface area contributed by atoms with Gasteiger partial charge in [0.25, 0.3) is 5.91 Å². The highest BCUT2D eigenvalue weighted by Gasteiger charge is 2.21. The summed E-state index contributed by atoms with van der Waals surface area (Å²) in [4.78, 5) is 16.1. The van der Waals surface area contributed by atoms with Crippen LogP contribution >= 0.6 is 0 Å². The molecule has 2 N–H and O–H groups in total. The summed E-state index contributed by atoms with van der Waals surface area (Å²) in [7, 11) is 0. The van der Waals surface area contributed by atoms with Crippen molar-refractivity contribution in [3.05, 3.63) is 24.0 Å². The van der Waals surface area contributed by atoms with E-state index < -0.39 is 0 Å². The Balaban J connectivity index is 1.50. The van der Waals surface area contributed by atoms with Crippen molar-refractivity contribution in [2.75, 3.05) is 18.5 Å². The summed E-state index contributed by atoms with van der Waals surface area (Å²) in [5.74, 6) is -0.131. The topological polar surface area (TPSA) is 63.2 Å². The van der Waals surface area contributed by atoms with E-state index in [9.17, 15) is 4.79 Å². The van der Waals surface area contributed by atoms with Gasteiger partial charge in [-0.1, -0.05) is 0 Å². The predicted octanol–water partition coefficient (Wildman–Crippen LogP) is 1.56. The number of nitrogens with one attached hydrogen (secondary N) is 2. The van der Waals surface area contributed by atoms with Crippen LogP contribution in [-0.2, 0) is 4.74 Å². The van der Waals surface area contributed by atoms with Gasteiger partial charge in [-0.15, -0.1) is 0 Å². The number of hydrogen-bond acceptors (Lipinski definition) is 4. The Labute approximate surface area is 112 Å². The number of anilines is 1. The van der Waals surface area contributed by atoms with E-state index in [2.05, 4.69) is 15.6 Å². The first-order valence-electron chi connectivity index (χ1n) is 6.93. The van der Waals surface area contributed by atoms with Crippen LogP contribution < -0.4 is 10.6 Å². The van der Waals surface area contributed by atoms with Gasteiger partial charge in [-0.2, -0.15) is 0 Å². The maximum Gasteiger partial charge on any atom is 0.269 e. The molecule has 0 bridgehead atoms. The van der Waals surface area contributed by atoms with Gasteiger partial charge in [0.15, 0.2) is 0 Å². The number of ether oxygens (including phenoxy) is 1. The molecule has 1 aromatic rings. The summed E-state index contributed by atoms with van der Waals surface area (Å²) in [6.07, 6.45) is 6.45. The third-order valence-corrected chi connectivity index (χ3v) is 3.46. The summed E-state index contributed by atoms with van der Waals surface area (Å²) < 4.78 is 5.46. The third kappa shape index (κ3) is 3.44. The second-order valence-corrected chi connectivity index (χ2v) is 5.20. The highest BCUT2D eigenvalue weighted by atomic mass is 16.5. The third-order valence-electron chi connectivity index (χ3n) is 3.46. The number of carbonyl (C=O) groups is 1. The molecule has 2 aliphatic rings. The molecule has 5 nitrogen and oxygen atoms in total. The number of carbonyl (C=O) groups excluding carboxylic acids is 1. The maximum atomic E-state index is 11.9. The van der Waals surface area contributed by atoms with Gasteiger partial charge in [-0.05, 0) is 37.8 Å². The fourth-order valence-electron chi connectivity index (χ4n) is 2.18. The molecule has 1 saturated heterocycles. The number of pyridine rings is 1. The van der Waals surface area contributed by atoms with Gasteiger partial charge in [0, 0.05) is 19.2 Å². The molecule has 0 spiro atoms. The van der Waals surface area contributed by atoms with Crippen LogP contribution in [0, 0.1) is 0 Å². The smallest absolute Gasteiger partial charge is 0.269 e. The Hall–Kier alpha value is -1.62. The average Bonchev–Trinajstić information content (AvgIpc) is 3.09. The lowest BCUT2D eigenvalue weighted by molar-refractivity contribution is 0.0854. The molecule has 1 atom stereocenters. The van der Waals surface area contributed by atoms with Crippen molar-refractivity contribution < 1.29 is 9.53 Å². The average molecular weight is 261 g/mol. The molecule has 3 rings (SSSR count). The van der Waals surface area contributed by atoms with Gasteiger partial charge < -0.3 is 15.4 Å². The van der Waals surface area contributed by atoms with E-state index in [1.54, 1.807) is 12.3 Å². The van der Waals surface area contributed by atoms with Crippen molar-refractivity contribution in [1.82, 2.24) is 10.3 Å². The molecule has 2 heterocycles. The number of amides is 1. The molecule has 0 radical (unpaired) electrons. The molecular weight excluding hydrogens is 242 g/mol. The van der Waals surface area contributed by atoms with Crippen LogP contribution in [0.5, 0.6) is 0 Å². The van der Waals surface area contributed by atoms with Crippen LogP contribution in [0.25, 0.3) is 0 Å². The van der Waals surface area contributed by atoms with Gasteiger partial charge in [0.1, 0.15) is 5.69 Å². The molecule has 1 aromatic heterocycles. The maximum absolute atomic E-state index is 11.9. The van der Waals surface area contributed by atoms with Crippen molar-refractivity contribution in [3.8, 4) is 0 Å². The van der Waals surface area contributed by atoms with Crippen LogP contribution in [0.1, 0.15) is 36.2 Å². The molecular formula is C14H19N3O2. The molecule has 19 heavy (non-hydrogen) atoms. The normalized spacial score (nSPS) is 22.2. The molecule has 1 aliphatic carbocycles. The first kappa shape index (κ1) is 12.4. The Morgan fingerprint density at radius 3 is 2.89 bits per heavy atom. The quantitative estimate of drug-likeness (QED) is 0.844. The number of rotatable bonds is 5. The van der Waals surface area contributed by atoms with Gasteiger partial charge in [-0.3, -0.25) is 4.79 Å². The predicted molar refractivity (Wildman–Crippen MR) is 72.2 cm³/mol. The summed E-state index contributed by atoms with van der Waals surface area (Å²) in [6, 6.07) is 4.27. The lowest BCUT2D eigenvalue weighted by Gasteiger charge is -2.10. The zero-order valence-electron chi connectivity index (χ0n) is 10.9. The lowest BCUT2D eigenvalue weighted by atomic mass is 10.2. The van der Waals surface area contributed by atoms with Gasteiger partial charge in [0.05, 0.1) is 18.0 Å². The largest absolute Gasteiger partial charge is 0.381 e. The van der Waals surface area contributed by atoms with Crippen LogP contribution in [0.2, 0.25) is 0 Å². The van der Waals surface area contributed by atoms with Crippen LogP contribution in [-0.4, -0.2) is 36.2 Å². The van der Waals surface area contributed by atoms with Crippen molar-refractivity contribution >= 4 is 11.6 Å². The molecule has 102 valence electrons. The number of aromatic nitrogens is 1. The molecule has 1 saturated carbocycles. The zero-order valence-corrected chi connectivity index (χ0v) is 10.9. The minimum atomic E-state index is -0.131. The van der Waals surface area contributed by atoms with Crippen LogP contribution in [0.3, 0.4) is 0 Å². The Kier molecular flexibility index (Phi) is 3.64. The van der Waals surface area contributed by atoms with Gasteiger partial charge in [0.2, 0.25) is 0 Å². The Bertz CT molecular complexity index is 437. The fraction of sp³-hybridized carbons (Fsp3) is 0.571. The summed E-state index contributed by atoms with van der Waals surface area (Å²) in [5, 5.41) is 6.21. The first-order valence-corrected chi connectivity index (χ1v) is 6.93. The molecule has 1 unspecified atom stereocenters. The molecule has 0 aromatic carbocycles. The van der Waals surface area contributed by atoms with E-state index in [0.29, 0.717) is 18.3 Å².